The van der Waals surface area contributed by atoms with Crippen molar-refractivity contribution in [1.29, 1.82) is 0 Å². The number of hydrogen-bond donors (Lipinski definition) is 1. The highest BCUT2D eigenvalue weighted by Gasteiger charge is 2.09. The van der Waals surface area contributed by atoms with Gasteiger partial charge in [-0.05, 0) is 30.2 Å². The zero-order valence-electron chi connectivity index (χ0n) is 9.86. The van der Waals surface area contributed by atoms with Crippen LogP contribution in [0.25, 0.3) is 11.1 Å². The van der Waals surface area contributed by atoms with Crippen LogP contribution < -0.4 is 5.32 Å². The fraction of sp³-hybridized carbons (Fsp3) is 0.200. The lowest BCUT2D eigenvalue weighted by molar-refractivity contribution is 1.17. The molecule has 0 saturated heterocycles. The van der Waals surface area contributed by atoms with Crippen LogP contribution in [0.3, 0.4) is 0 Å². The summed E-state index contributed by atoms with van der Waals surface area (Å²) in [5.41, 5.74) is 5.18. The first-order valence-electron chi connectivity index (χ1n) is 5.91. The number of hydrogen-bond acceptors (Lipinski definition) is 2. The highest BCUT2D eigenvalue weighted by Crippen LogP contribution is 2.34. The van der Waals surface area contributed by atoms with E-state index < -0.39 is 0 Å². The van der Waals surface area contributed by atoms with Gasteiger partial charge in [0.25, 0.3) is 0 Å². The molecular weight excluding hydrogens is 226 g/mol. The van der Waals surface area contributed by atoms with Crippen molar-refractivity contribution >= 4 is 17.4 Å². The van der Waals surface area contributed by atoms with Crippen LogP contribution in [0.4, 0.5) is 5.69 Å². The predicted molar refractivity (Wildman–Crippen MR) is 75.8 cm³/mol. The van der Waals surface area contributed by atoms with E-state index in [0.717, 1.165) is 12.3 Å². The Hall–Kier alpha value is -1.41. The molecule has 2 aromatic rings. The number of thioether (sulfide) groups is 1. The minimum Gasteiger partial charge on any atom is -0.383 e. The van der Waals surface area contributed by atoms with E-state index >= 15 is 0 Å². The molecule has 0 fully saturated rings. The maximum absolute atomic E-state index is 3.43. The fourth-order valence-electron chi connectivity index (χ4n) is 2.06. The average molecular weight is 241 g/mol. The van der Waals surface area contributed by atoms with E-state index in [1.165, 1.54) is 27.3 Å². The molecule has 86 valence electrons. The van der Waals surface area contributed by atoms with Crippen molar-refractivity contribution in [3.8, 4) is 11.1 Å². The molecule has 2 aromatic carbocycles. The predicted octanol–water partition coefficient (Wildman–Crippen LogP) is 4.18. The molecule has 0 aliphatic carbocycles. The van der Waals surface area contributed by atoms with E-state index in [0.29, 0.717) is 0 Å². The Balaban J connectivity index is 2.01. The molecule has 0 spiro atoms. The molecule has 1 aliphatic rings. The van der Waals surface area contributed by atoms with Crippen LogP contribution in [0, 0.1) is 6.92 Å². The van der Waals surface area contributed by atoms with E-state index in [9.17, 15) is 0 Å². The summed E-state index contributed by atoms with van der Waals surface area (Å²) in [5, 5.41) is 3.43. The van der Waals surface area contributed by atoms with Crippen LogP contribution in [0.1, 0.15) is 5.56 Å². The summed E-state index contributed by atoms with van der Waals surface area (Å²) < 4.78 is 0. The Morgan fingerprint density at radius 2 is 1.76 bits per heavy atom. The molecule has 1 N–H and O–H groups in total. The van der Waals surface area contributed by atoms with E-state index in [1.54, 1.807) is 0 Å². The summed E-state index contributed by atoms with van der Waals surface area (Å²) in [6, 6.07) is 15.4. The molecule has 3 rings (SSSR count). The normalized spacial score (nSPS) is 13.9. The molecule has 0 saturated carbocycles. The zero-order chi connectivity index (χ0) is 11.7. The SMILES string of the molecule is Cc1ccc(-c2ccc3c(c2)SCCN3)cc1. The zero-order valence-corrected chi connectivity index (χ0v) is 10.7. The van der Waals surface area contributed by atoms with Crippen molar-refractivity contribution in [1.82, 2.24) is 0 Å². The standard InChI is InChI=1S/C15H15NS/c1-11-2-4-12(5-3-11)13-6-7-14-15(10-13)17-9-8-16-14/h2-7,10,16H,8-9H2,1H3. The van der Waals surface area contributed by atoms with E-state index in [4.69, 9.17) is 0 Å². The Labute approximate surface area is 106 Å². The van der Waals surface area contributed by atoms with Gasteiger partial charge in [0.1, 0.15) is 0 Å². The van der Waals surface area contributed by atoms with Gasteiger partial charge in [0.2, 0.25) is 0 Å². The van der Waals surface area contributed by atoms with Crippen molar-refractivity contribution in [2.45, 2.75) is 11.8 Å². The summed E-state index contributed by atoms with van der Waals surface area (Å²) in [4.78, 5) is 1.37. The first-order valence-corrected chi connectivity index (χ1v) is 6.89. The second-order valence-corrected chi connectivity index (χ2v) is 5.49. The fourth-order valence-corrected chi connectivity index (χ4v) is 2.99. The first kappa shape index (κ1) is 10.7. The summed E-state index contributed by atoms with van der Waals surface area (Å²) >= 11 is 1.94. The van der Waals surface area contributed by atoms with Gasteiger partial charge in [-0.25, -0.2) is 0 Å². The second-order valence-electron chi connectivity index (χ2n) is 4.35. The van der Waals surface area contributed by atoms with Crippen LogP contribution >= 0.6 is 11.8 Å². The molecular formula is C15H15NS. The van der Waals surface area contributed by atoms with Crippen molar-refractivity contribution in [3.63, 3.8) is 0 Å². The molecule has 0 radical (unpaired) electrons. The minimum absolute atomic E-state index is 1.07. The highest BCUT2D eigenvalue weighted by atomic mass is 32.2. The van der Waals surface area contributed by atoms with Crippen LogP contribution in [-0.4, -0.2) is 12.3 Å². The van der Waals surface area contributed by atoms with E-state index in [1.807, 2.05) is 11.8 Å². The summed E-state index contributed by atoms with van der Waals surface area (Å²) in [7, 11) is 0. The topological polar surface area (TPSA) is 12.0 Å². The molecule has 17 heavy (non-hydrogen) atoms. The highest BCUT2D eigenvalue weighted by molar-refractivity contribution is 7.99. The molecule has 0 amide bonds. The largest absolute Gasteiger partial charge is 0.383 e. The number of aryl methyl sites for hydroxylation is 1. The van der Waals surface area contributed by atoms with Gasteiger partial charge in [0.15, 0.2) is 0 Å². The van der Waals surface area contributed by atoms with Gasteiger partial charge in [-0.15, -0.1) is 11.8 Å². The third kappa shape index (κ3) is 2.18. The van der Waals surface area contributed by atoms with Gasteiger partial charge < -0.3 is 5.32 Å². The minimum atomic E-state index is 1.07. The van der Waals surface area contributed by atoms with Crippen LogP contribution in [0.15, 0.2) is 47.4 Å². The number of anilines is 1. The molecule has 0 atom stereocenters. The maximum Gasteiger partial charge on any atom is 0.0479 e. The second kappa shape index (κ2) is 4.46. The lowest BCUT2D eigenvalue weighted by atomic mass is 10.0. The number of nitrogens with one attached hydrogen (secondary N) is 1. The van der Waals surface area contributed by atoms with Crippen molar-refractivity contribution in [2.75, 3.05) is 17.6 Å². The van der Waals surface area contributed by atoms with Crippen LogP contribution in [0.5, 0.6) is 0 Å². The van der Waals surface area contributed by atoms with Gasteiger partial charge in [-0.3, -0.25) is 0 Å². The molecule has 2 heteroatoms. The van der Waals surface area contributed by atoms with Crippen molar-refractivity contribution in [3.05, 3.63) is 48.0 Å². The third-order valence-electron chi connectivity index (χ3n) is 3.04. The van der Waals surface area contributed by atoms with Gasteiger partial charge in [0, 0.05) is 22.9 Å². The van der Waals surface area contributed by atoms with Gasteiger partial charge >= 0.3 is 0 Å². The summed E-state index contributed by atoms with van der Waals surface area (Å²) in [6.45, 7) is 3.19. The van der Waals surface area contributed by atoms with Crippen molar-refractivity contribution < 1.29 is 0 Å². The number of benzene rings is 2. The molecule has 1 heterocycles. The number of rotatable bonds is 1. The Kier molecular flexibility index (Phi) is 2.81. The Morgan fingerprint density at radius 3 is 2.59 bits per heavy atom. The average Bonchev–Trinajstić information content (AvgIpc) is 2.39. The monoisotopic (exact) mass is 241 g/mol. The van der Waals surface area contributed by atoms with Gasteiger partial charge in [-0.2, -0.15) is 0 Å². The van der Waals surface area contributed by atoms with Gasteiger partial charge in [0.05, 0.1) is 0 Å². The van der Waals surface area contributed by atoms with Crippen LogP contribution in [0.2, 0.25) is 0 Å². The lowest BCUT2D eigenvalue weighted by Gasteiger charge is -2.18. The number of fused-ring (bicyclic) bond motifs is 1. The van der Waals surface area contributed by atoms with E-state index in [2.05, 4.69) is 54.7 Å². The maximum atomic E-state index is 3.43. The molecule has 1 aliphatic heterocycles. The third-order valence-corrected chi connectivity index (χ3v) is 4.10. The van der Waals surface area contributed by atoms with Crippen LogP contribution in [-0.2, 0) is 0 Å². The van der Waals surface area contributed by atoms with E-state index in [-0.39, 0.29) is 0 Å². The lowest BCUT2D eigenvalue weighted by Crippen LogP contribution is -2.09. The van der Waals surface area contributed by atoms with Gasteiger partial charge in [-0.1, -0.05) is 35.9 Å². The molecule has 0 aromatic heterocycles. The van der Waals surface area contributed by atoms with Crippen molar-refractivity contribution in [2.24, 2.45) is 0 Å². The summed E-state index contributed by atoms with van der Waals surface area (Å²) in [5.74, 6) is 1.16. The Morgan fingerprint density at radius 1 is 1.00 bits per heavy atom. The first-order chi connectivity index (χ1) is 8.33. The smallest absolute Gasteiger partial charge is 0.0479 e. The molecule has 0 bridgehead atoms. The molecule has 1 nitrogen and oxygen atoms in total. The molecule has 0 unspecified atom stereocenters. The Bertz CT molecular complexity index is 531. The summed E-state index contributed by atoms with van der Waals surface area (Å²) in [6.07, 6.45) is 0. The quantitative estimate of drug-likeness (QED) is 0.804.